The molecule has 14 heteroatoms. The molecule has 0 radical (unpaired) electrons. The second kappa shape index (κ2) is 11.0. The van der Waals surface area contributed by atoms with Crippen LogP contribution in [-0.2, 0) is 6.54 Å². The van der Waals surface area contributed by atoms with Gasteiger partial charge in [-0.1, -0.05) is 71.7 Å². The van der Waals surface area contributed by atoms with E-state index in [4.69, 9.17) is 27.9 Å². The maximum absolute atomic E-state index is 12.6. The van der Waals surface area contributed by atoms with Gasteiger partial charge in [0.25, 0.3) is 0 Å². The van der Waals surface area contributed by atoms with Gasteiger partial charge in [-0.05, 0) is 35.4 Å². The Balaban J connectivity index is 1.20. The number of hydrogen-bond donors (Lipinski definition) is 2. The van der Waals surface area contributed by atoms with E-state index in [1.54, 1.807) is 18.2 Å². The highest BCUT2D eigenvalue weighted by molar-refractivity contribution is 6.34. The molecule has 0 aliphatic rings. The van der Waals surface area contributed by atoms with E-state index in [2.05, 4.69) is 25.0 Å². The number of benzene rings is 3. The molecule has 6 aromatic rings. The number of H-pyrrole nitrogens is 1. The third-order valence-electron chi connectivity index (χ3n) is 6.30. The van der Waals surface area contributed by atoms with E-state index in [0.717, 1.165) is 27.7 Å². The van der Waals surface area contributed by atoms with Gasteiger partial charge in [-0.3, -0.25) is 0 Å². The number of aromatic amines is 1. The van der Waals surface area contributed by atoms with Crippen LogP contribution in [0.1, 0.15) is 10.4 Å². The van der Waals surface area contributed by atoms with Crippen molar-refractivity contribution in [3.05, 3.63) is 94.7 Å². The van der Waals surface area contributed by atoms with Crippen LogP contribution in [-0.4, -0.2) is 47.0 Å². The average Bonchev–Trinajstić information content (AvgIpc) is 3.58. The number of aromatic nitrogens is 6. The van der Waals surface area contributed by atoms with E-state index >= 15 is 0 Å². The molecule has 0 saturated heterocycles. The molecule has 2 N–H and O–H groups in total. The molecule has 216 valence electrons. The number of pyridine rings is 1. The normalized spacial score (nSPS) is 11.7. The Morgan fingerprint density at radius 2 is 1.53 bits per heavy atom. The second-order valence-electron chi connectivity index (χ2n) is 9.32. The van der Waals surface area contributed by atoms with Gasteiger partial charge in [-0.25, -0.2) is 19.4 Å². The Bertz CT molecular complexity index is 1970. The number of carboxylic acid groups (broad SMARTS) is 1. The van der Waals surface area contributed by atoms with E-state index in [9.17, 15) is 23.1 Å². The van der Waals surface area contributed by atoms with Crippen molar-refractivity contribution in [3.8, 4) is 45.5 Å². The number of imidazole rings is 1. The Hall–Kier alpha value is -4.94. The van der Waals surface area contributed by atoms with Crippen LogP contribution in [0.3, 0.4) is 0 Å². The summed E-state index contributed by atoms with van der Waals surface area (Å²) in [7, 11) is 0. The van der Waals surface area contributed by atoms with Gasteiger partial charge >= 0.3 is 18.2 Å². The SMILES string of the molecule is O=C(O)c1cc(Oc2nc3nc(-c4ccc(-c5ccc(-c6ncn(CC(F)(F)F)n6)cc5)cc4)c(Cl)cc3[nH]2)ccc1Cl. The van der Waals surface area contributed by atoms with E-state index in [-0.39, 0.29) is 28.2 Å². The summed E-state index contributed by atoms with van der Waals surface area (Å²) in [5.74, 6) is -0.759. The zero-order valence-corrected chi connectivity index (χ0v) is 23.1. The summed E-state index contributed by atoms with van der Waals surface area (Å²) in [6.45, 7) is -1.20. The highest BCUT2D eigenvalue weighted by atomic mass is 35.5. The van der Waals surface area contributed by atoms with Crippen LogP contribution >= 0.6 is 23.2 Å². The fourth-order valence-electron chi connectivity index (χ4n) is 4.31. The number of alkyl halides is 3. The van der Waals surface area contributed by atoms with Crippen LogP contribution in [0.5, 0.6) is 11.8 Å². The highest BCUT2D eigenvalue weighted by Crippen LogP contribution is 2.33. The molecule has 9 nitrogen and oxygen atoms in total. The molecule has 0 aliphatic carbocycles. The van der Waals surface area contributed by atoms with Gasteiger partial charge < -0.3 is 14.8 Å². The average molecular weight is 625 g/mol. The first-order valence-corrected chi connectivity index (χ1v) is 13.2. The van der Waals surface area contributed by atoms with Crippen molar-refractivity contribution in [3.63, 3.8) is 0 Å². The molecule has 0 aliphatic heterocycles. The van der Waals surface area contributed by atoms with E-state index in [1.165, 1.54) is 18.2 Å². The number of nitrogens with one attached hydrogen (secondary N) is 1. The molecular formula is C29H17Cl2F3N6O3. The Labute approximate surface area is 250 Å². The summed E-state index contributed by atoms with van der Waals surface area (Å²) in [4.78, 5) is 27.2. The minimum atomic E-state index is -4.38. The van der Waals surface area contributed by atoms with Crippen molar-refractivity contribution in [1.29, 1.82) is 0 Å². The molecule has 0 fully saturated rings. The maximum atomic E-state index is 12.6. The summed E-state index contributed by atoms with van der Waals surface area (Å²) >= 11 is 12.5. The summed E-state index contributed by atoms with van der Waals surface area (Å²) in [5.41, 5.74) is 4.34. The Morgan fingerprint density at radius 3 is 2.19 bits per heavy atom. The van der Waals surface area contributed by atoms with Crippen molar-refractivity contribution in [1.82, 2.24) is 29.7 Å². The van der Waals surface area contributed by atoms with Crippen LogP contribution in [0.25, 0.3) is 44.9 Å². The molecule has 3 aromatic heterocycles. The summed E-state index contributed by atoms with van der Waals surface area (Å²) in [6, 6.07) is 20.6. The number of carbonyl (C=O) groups is 1. The van der Waals surface area contributed by atoms with Crippen molar-refractivity contribution >= 4 is 40.3 Å². The Kier molecular flexibility index (Phi) is 7.24. The molecule has 0 saturated carbocycles. The predicted molar refractivity (Wildman–Crippen MR) is 153 cm³/mol. The summed E-state index contributed by atoms with van der Waals surface area (Å²) in [6.07, 6.45) is -3.32. The Morgan fingerprint density at radius 1 is 0.884 bits per heavy atom. The predicted octanol–water partition coefficient (Wildman–Crippen LogP) is 7.91. The van der Waals surface area contributed by atoms with Crippen LogP contribution in [0.4, 0.5) is 13.2 Å². The van der Waals surface area contributed by atoms with E-state index < -0.39 is 18.7 Å². The van der Waals surface area contributed by atoms with E-state index in [0.29, 0.717) is 27.4 Å². The maximum Gasteiger partial charge on any atom is 0.408 e. The number of nitrogens with zero attached hydrogens (tertiary/aromatic N) is 5. The number of aromatic carboxylic acids is 1. The minimum absolute atomic E-state index is 0.0821. The van der Waals surface area contributed by atoms with Gasteiger partial charge in [0.1, 0.15) is 18.6 Å². The van der Waals surface area contributed by atoms with Crippen LogP contribution in [0, 0.1) is 0 Å². The molecule has 3 heterocycles. The third kappa shape index (κ3) is 6.15. The standard InChI is InChI=1S/C29H17Cl2F3N6O3/c30-21-10-9-19(11-20(21)27(41)42)43-28-36-23-12-22(31)24(37-26(23)38-28)17-5-1-15(2-6-17)16-3-7-18(8-4-16)25-35-14-40(39-25)13-29(32,33)34/h1-12,14H,13H2,(H,41,42)(H,36,37,38). The van der Waals surface area contributed by atoms with Gasteiger partial charge in [-0.15, -0.1) is 0 Å². The first-order valence-electron chi connectivity index (χ1n) is 12.5. The number of rotatable bonds is 7. The lowest BCUT2D eigenvalue weighted by atomic mass is 10.0. The molecular weight excluding hydrogens is 608 g/mol. The minimum Gasteiger partial charge on any atom is -0.478 e. The van der Waals surface area contributed by atoms with Gasteiger partial charge in [-0.2, -0.15) is 23.3 Å². The van der Waals surface area contributed by atoms with Crippen molar-refractivity contribution in [2.75, 3.05) is 0 Å². The molecule has 0 atom stereocenters. The van der Waals surface area contributed by atoms with Crippen LogP contribution in [0.15, 0.2) is 79.1 Å². The smallest absolute Gasteiger partial charge is 0.408 e. The molecule has 3 aromatic carbocycles. The molecule has 0 amide bonds. The monoisotopic (exact) mass is 624 g/mol. The molecule has 43 heavy (non-hydrogen) atoms. The lowest BCUT2D eigenvalue weighted by molar-refractivity contribution is -0.142. The van der Waals surface area contributed by atoms with Gasteiger partial charge in [0.2, 0.25) is 0 Å². The van der Waals surface area contributed by atoms with Crippen molar-refractivity contribution < 1.29 is 27.8 Å². The fourth-order valence-corrected chi connectivity index (χ4v) is 4.77. The number of carboxylic acids is 1. The van der Waals surface area contributed by atoms with Gasteiger partial charge in [0, 0.05) is 11.1 Å². The van der Waals surface area contributed by atoms with Crippen molar-refractivity contribution in [2.24, 2.45) is 0 Å². The zero-order valence-electron chi connectivity index (χ0n) is 21.6. The molecule has 0 spiro atoms. The summed E-state index contributed by atoms with van der Waals surface area (Å²) in [5, 5.41) is 13.6. The highest BCUT2D eigenvalue weighted by Gasteiger charge is 2.28. The quantitative estimate of drug-likeness (QED) is 0.185. The van der Waals surface area contributed by atoms with Crippen LogP contribution < -0.4 is 4.74 Å². The second-order valence-corrected chi connectivity index (χ2v) is 10.1. The summed E-state index contributed by atoms with van der Waals surface area (Å²) < 4.78 is 44.3. The zero-order chi connectivity index (χ0) is 30.3. The van der Waals surface area contributed by atoms with Gasteiger partial charge in [0.05, 0.1) is 26.8 Å². The fraction of sp³-hybridized carbons (Fsp3) is 0.0690. The third-order valence-corrected chi connectivity index (χ3v) is 6.92. The number of halogens is 5. The van der Waals surface area contributed by atoms with Gasteiger partial charge in [0.15, 0.2) is 11.5 Å². The first-order chi connectivity index (χ1) is 20.5. The lowest BCUT2D eigenvalue weighted by Crippen LogP contribution is -2.17. The molecule has 0 bridgehead atoms. The number of ether oxygens (including phenoxy) is 1. The molecule has 0 unspecified atom stereocenters. The number of fused-ring (bicyclic) bond motifs is 1. The molecule has 6 rings (SSSR count). The van der Waals surface area contributed by atoms with E-state index in [1.807, 2.05) is 36.4 Å². The topological polar surface area (TPSA) is 119 Å². The van der Waals surface area contributed by atoms with Crippen LogP contribution in [0.2, 0.25) is 10.0 Å². The largest absolute Gasteiger partial charge is 0.478 e. The lowest BCUT2D eigenvalue weighted by Gasteiger charge is -2.07. The van der Waals surface area contributed by atoms with Crippen molar-refractivity contribution in [2.45, 2.75) is 12.7 Å². The first kappa shape index (κ1) is 28.2. The number of hydrogen-bond acceptors (Lipinski definition) is 6.